The highest BCUT2D eigenvalue weighted by Gasteiger charge is 2.12. The third kappa shape index (κ3) is 3.35. The van der Waals surface area contributed by atoms with Gasteiger partial charge in [0.25, 0.3) is 0 Å². The second kappa shape index (κ2) is 5.49. The maximum atomic E-state index is 11.1. The first-order valence-corrected chi connectivity index (χ1v) is 5.34. The van der Waals surface area contributed by atoms with Gasteiger partial charge in [-0.3, -0.25) is 10.1 Å². The maximum Gasteiger partial charge on any atom is 0.322 e. The molecule has 1 N–H and O–H groups in total. The van der Waals surface area contributed by atoms with Gasteiger partial charge < -0.3 is 4.74 Å². The summed E-state index contributed by atoms with van der Waals surface area (Å²) >= 11 is 1.50. The maximum absolute atomic E-state index is 11.1. The number of ether oxygens (including phenoxy) is 1. The van der Waals surface area contributed by atoms with Crippen LogP contribution in [-0.2, 0) is 16.1 Å². The summed E-state index contributed by atoms with van der Waals surface area (Å²) in [6, 6.07) is 3.54. The van der Waals surface area contributed by atoms with Crippen molar-refractivity contribution < 1.29 is 9.53 Å². The summed E-state index contributed by atoms with van der Waals surface area (Å²) in [5.74, 6) is -0.285. The van der Waals surface area contributed by atoms with Gasteiger partial charge in [0.2, 0.25) is 0 Å². The molecule has 0 radical (unpaired) electrons. The van der Waals surface area contributed by atoms with Crippen LogP contribution in [0.3, 0.4) is 0 Å². The summed E-state index contributed by atoms with van der Waals surface area (Å²) in [5.41, 5.74) is 0.655. The number of carbonyl (C=O) groups excluding carboxylic acids is 1. The van der Waals surface area contributed by atoms with E-state index in [1.54, 1.807) is 12.3 Å². The number of thiophene rings is 1. The Labute approximate surface area is 92.5 Å². The van der Waals surface area contributed by atoms with Crippen molar-refractivity contribution in [1.82, 2.24) is 5.32 Å². The standard InChI is InChI=1S/C10H12N2O2S/c1-7(10(13)14-2)12-5-9-3-8(4-11)6-15-9/h3,6-7,12H,5H2,1-2H3/t7-/m0/s1. The van der Waals surface area contributed by atoms with Crippen molar-refractivity contribution in [2.45, 2.75) is 19.5 Å². The summed E-state index contributed by atoms with van der Waals surface area (Å²) in [6.07, 6.45) is 0. The van der Waals surface area contributed by atoms with Gasteiger partial charge in [0.1, 0.15) is 12.1 Å². The van der Waals surface area contributed by atoms with Crippen molar-refractivity contribution in [3.63, 3.8) is 0 Å². The Balaban J connectivity index is 2.44. The minimum absolute atomic E-state index is 0.285. The number of nitrogens with zero attached hydrogens (tertiary/aromatic N) is 1. The zero-order valence-electron chi connectivity index (χ0n) is 8.61. The third-order valence-corrected chi connectivity index (χ3v) is 2.86. The lowest BCUT2D eigenvalue weighted by atomic mass is 10.3. The third-order valence-electron chi connectivity index (χ3n) is 1.92. The molecule has 0 fully saturated rings. The molecule has 0 spiro atoms. The second-order valence-electron chi connectivity index (χ2n) is 3.04. The quantitative estimate of drug-likeness (QED) is 0.782. The molecule has 0 aliphatic heterocycles. The molecule has 0 aromatic carbocycles. The van der Waals surface area contributed by atoms with Crippen LogP contribution < -0.4 is 5.32 Å². The molecule has 0 unspecified atom stereocenters. The van der Waals surface area contributed by atoms with E-state index in [-0.39, 0.29) is 12.0 Å². The molecular weight excluding hydrogens is 212 g/mol. The average Bonchev–Trinajstić information content (AvgIpc) is 2.72. The summed E-state index contributed by atoms with van der Waals surface area (Å²) in [6.45, 7) is 2.31. The largest absolute Gasteiger partial charge is 0.468 e. The van der Waals surface area contributed by atoms with Crippen LogP contribution in [0.15, 0.2) is 11.4 Å². The van der Waals surface area contributed by atoms with Crippen LogP contribution in [0.1, 0.15) is 17.4 Å². The van der Waals surface area contributed by atoms with Gasteiger partial charge in [-0.2, -0.15) is 5.26 Å². The van der Waals surface area contributed by atoms with Gasteiger partial charge in [0.15, 0.2) is 0 Å². The molecular formula is C10H12N2O2S. The van der Waals surface area contributed by atoms with Gasteiger partial charge in [0, 0.05) is 16.8 Å². The first-order valence-electron chi connectivity index (χ1n) is 4.46. The van der Waals surface area contributed by atoms with E-state index in [1.807, 2.05) is 6.07 Å². The van der Waals surface area contributed by atoms with Crippen LogP contribution in [-0.4, -0.2) is 19.1 Å². The smallest absolute Gasteiger partial charge is 0.322 e. The zero-order chi connectivity index (χ0) is 11.3. The molecule has 1 atom stereocenters. The fourth-order valence-corrected chi connectivity index (χ4v) is 1.81. The van der Waals surface area contributed by atoms with E-state index >= 15 is 0 Å². The molecule has 0 saturated carbocycles. The Kier molecular flexibility index (Phi) is 4.28. The van der Waals surface area contributed by atoms with Crippen molar-refractivity contribution in [2.75, 3.05) is 7.11 Å². The number of nitrogens with one attached hydrogen (secondary N) is 1. The fraction of sp³-hybridized carbons (Fsp3) is 0.400. The highest BCUT2D eigenvalue weighted by atomic mass is 32.1. The molecule has 1 aromatic rings. The number of hydrogen-bond acceptors (Lipinski definition) is 5. The molecule has 0 saturated heterocycles. The molecule has 1 aromatic heterocycles. The molecule has 0 aliphatic carbocycles. The van der Waals surface area contributed by atoms with E-state index in [2.05, 4.69) is 16.1 Å². The van der Waals surface area contributed by atoms with Crippen molar-refractivity contribution in [3.8, 4) is 6.07 Å². The van der Waals surface area contributed by atoms with E-state index in [4.69, 9.17) is 5.26 Å². The van der Waals surface area contributed by atoms with Crippen LogP contribution in [0, 0.1) is 11.3 Å². The molecule has 5 heteroatoms. The molecule has 4 nitrogen and oxygen atoms in total. The van der Waals surface area contributed by atoms with E-state index in [9.17, 15) is 4.79 Å². The normalized spacial score (nSPS) is 11.8. The van der Waals surface area contributed by atoms with Gasteiger partial charge >= 0.3 is 5.97 Å². The Morgan fingerprint density at radius 2 is 2.53 bits per heavy atom. The van der Waals surface area contributed by atoms with E-state index in [1.165, 1.54) is 18.4 Å². The van der Waals surface area contributed by atoms with Crippen molar-refractivity contribution in [2.24, 2.45) is 0 Å². The zero-order valence-corrected chi connectivity index (χ0v) is 9.43. The van der Waals surface area contributed by atoms with Crippen molar-refractivity contribution in [3.05, 3.63) is 21.9 Å². The predicted molar refractivity (Wildman–Crippen MR) is 57.4 cm³/mol. The van der Waals surface area contributed by atoms with Crippen LogP contribution in [0.25, 0.3) is 0 Å². The number of nitriles is 1. The predicted octanol–water partition coefficient (Wildman–Crippen LogP) is 1.27. The molecule has 0 aliphatic rings. The van der Waals surface area contributed by atoms with Crippen LogP contribution >= 0.6 is 11.3 Å². The van der Waals surface area contributed by atoms with Gasteiger partial charge in [-0.15, -0.1) is 11.3 Å². The SMILES string of the molecule is COC(=O)[C@H](C)NCc1cc(C#N)cs1. The van der Waals surface area contributed by atoms with Gasteiger partial charge in [-0.1, -0.05) is 0 Å². The Bertz CT molecular complexity index is 381. The summed E-state index contributed by atoms with van der Waals surface area (Å²) in [5, 5.41) is 13.4. The molecule has 1 heterocycles. The number of esters is 1. The summed E-state index contributed by atoms with van der Waals surface area (Å²) in [4.78, 5) is 12.1. The second-order valence-corrected chi connectivity index (χ2v) is 4.04. The van der Waals surface area contributed by atoms with Crippen LogP contribution in [0.5, 0.6) is 0 Å². The molecule has 0 amide bonds. The lowest BCUT2D eigenvalue weighted by molar-refractivity contribution is -0.142. The van der Waals surface area contributed by atoms with Crippen LogP contribution in [0.4, 0.5) is 0 Å². The lowest BCUT2D eigenvalue weighted by Gasteiger charge is -2.09. The first kappa shape index (κ1) is 11.7. The van der Waals surface area contributed by atoms with E-state index < -0.39 is 0 Å². The summed E-state index contributed by atoms with van der Waals surface area (Å²) in [7, 11) is 1.36. The van der Waals surface area contributed by atoms with E-state index in [0.717, 1.165) is 4.88 Å². The van der Waals surface area contributed by atoms with Crippen LogP contribution in [0.2, 0.25) is 0 Å². The molecule has 0 bridgehead atoms. The highest BCUT2D eigenvalue weighted by Crippen LogP contribution is 2.13. The van der Waals surface area contributed by atoms with Crippen molar-refractivity contribution >= 4 is 17.3 Å². The Morgan fingerprint density at radius 3 is 3.07 bits per heavy atom. The summed E-state index contributed by atoms with van der Waals surface area (Å²) < 4.78 is 4.58. The minimum atomic E-state index is -0.331. The van der Waals surface area contributed by atoms with Gasteiger partial charge in [0.05, 0.1) is 12.7 Å². The minimum Gasteiger partial charge on any atom is -0.468 e. The number of rotatable bonds is 4. The number of methoxy groups -OCH3 is 1. The van der Waals surface area contributed by atoms with E-state index in [0.29, 0.717) is 12.1 Å². The molecule has 1 rings (SSSR count). The molecule has 80 valence electrons. The Hall–Kier alpha value is -1.38. The average molecular weight is 224 g/mol. The van der Waals surface area contributed by atoms with Gasteiger partial charge in [-0.05, 0) is 13.0 Å². The Morgan fingerprint density at radius 1 is 1.80 bits per heavy atom. The monoisotopic (exact) mass is 224 g/mol. The topological polar surface area (TPSA) is 62.1 Å². The number of carbonyl (C=O) groups is 1. The fourth-order valence-electron chi connectivity index (χ4n) is 1.05. The van der Waals surface area contributed by atoms with Gasteiger partial charge in [-0.25, -0.2) is 0 Å². The van der Waals surface area contributed by atoms with Crippen molar-refractivity contribution in [1.29, 1.82) is 5.26 Å². The lowest BCUT2D eigenvalue weighted by Crippen LogP contribution is -2.34. The first-order chi connectivity index (χ1) is 7.17. The molecule has 15 heavy (non-hydrogen) atoms. The highest BCUT2D eigenvalue weighted by molar-refractivity contribution is 7.10. The number of hydrogen-bond donors (Lipinski definition) is 1.